The average molecular weight is 142 g/mol. The smallest absolute Gasteiger partial charge is 0.239 e. The third kappa shape index (κ3) is 0.904. The van der Waals surface area contributed by atoms with Gasteiger partial charge in [-0.1, -0.05) is 13.8 Å². The Morgan fingerprint density at radius 1 is 1.70 bits per heavy atom. The van der Waals surface area contributed by atoms with Gasteiger partial charge in [0.2, 0.25) is 5.91 Å². The number of likely N-dealkylation sites (tertiary alicyclic amines) is 1. The normalized spacial score (nSPS) is 31.4. The van der Waals surface area contributed by atoms with Crippen LogP contribution < -0.4 is 5.73 Å². The predicted octanol–water partition coefficient (Wildman–Crippen LogP) is -0.188. The van der Waals surface area contributed by atoms with Crippen molar-refractivity contribution in [3.63, 3.8) is 0 Å². The third-order valence-corrected chi connectivity index (χ3v) is 2.13. The van der Waals surface area contributed by atoms with Crippen LogP contribution in [-0.4, -0.2) is 30.4 Å². The van der Waals surface area contributed by atoms with Crippen molar-refractivity contribution in [1.29, 1.82) is 0 Å². The Labute approximate surface area is 61.2 Å². The molecule has 0 radical (unpaired) electrons. The second-order valence-corrected chi connectivity index (χ2v) is 3.66. The molecule has 0 aromatic rings. The SMILES string of the molecule is CN1CC(C)(C)[C@H](N)C1=O. The molecule has 1 aliphatic rings. The number of amides is 1. The minimum absolute atomic E-state index is 0.0498. The Kier molecular flexibility index (Phi) is 1.47. The molecule has 1 fully saturated rings. The summed E-state index contributed by atoms with van der Waals surface area (Å²) in [6, 6.07) is -0.308. The Bertz CT molecular complexity index is 165. The van der Waals surface area contributed by atoms with Gasteiger partial charge < -0.3 is 10.6 Å². The third-order valence-electron chi connectivity index (χ3n) is 2.13. The first-order chi connectivity index (χ1) is 4.45. The molecule has 0 unspecified atom stereocenters. The molecular formula is C7H14N2O. The van der Waals surface area contributed by atoms with Crippen LogP contribution in [0.2, 0.25) is 0 Å². The van der Waals surface area contributed by atoms with E-state index in [2.05, 4.69) is 0 Å². The molecule has 0 spiro atoms. The van der Waals surface area contributed by atoms with Crippen molar-refractivity contribution in [3.05, 3.63) is 0 Å². The van der Waals surface area contributed by atoms with E-state index in [1.165, 1.54) is 0 Å². The summed E-state index contributed by atoms with van der Waals surface area (Å²) in [6.45, 7) is 4.80. The van der Waals surface area contributed by atoms with E-state index in [0.717, 1.165) is 6.54 Å². The molecule has 3 nitrogen and oxygen atoms in total. The zero-order valence-electron chi connectivity index (χ0n) is 6.72. The van der Waals surface area contributed by atoms with Crippen molar-refractivity contribution >= 4 is 5.91 Å². The van der Waals surface area contributed by atoms with E-state index >= 15 is 0 Å². The number of nitrogens with zero attached hydrogens (tertiary/aromatic N) is 1. The summed E-state index contributed by atoms with van der Waals surface area (Å²) in [5, 5.41) is 0. The molecule has 1 aliphatic heterocycles. The number of nitrogens with two attached hydrogens (primary N) is 1. The Balaban J connectivity index is 2.81. The van der Waals surface area contributed by atoms with Crippen LogP contribution in [0.5, 0.6) is 0 Å². The number of hydrogen-bond donors (Lipinski definition) is 1. The maximum atomic E-state index is 11.1. The zero-order chi connectivity index (χ0) is 7.94. The standard InChI is InChI=1S/C7H14N2O/c1-7(2)4-9(3)6(10)5(7)8/h5H,4,8H2,1-3H3/t5-/m1/s1. The molecule has 0 bridgehead atoms. The fraction of sp³-hybridized carbons (Fsp3) is 0.857. The van der Waals surface area contributed by atoms with Gasteiger partial charge in [-0.05, 0) is 0 Å². The highest BCUT2D eigenvalue weighted by molar-refractivity contribution is 5.84. The lowest BCUT2D eigenvalue weighted by atomic mass is 9.88. The lowest BCUT2D eigenvalue weighted by Crippen LogP contribution is -2.38. The van der Waals surface area contributed by atoms with E-state index in [9.17, 15) is 4.79 Å². The number of carbonyl (C=O) groups is 1. The molecule has 1 heterocycles. The highest BCUT2D eigenvalue weighted by atomic mass is 16.2. The summed E-state index contributed by atoms with van der Waals surface area (Å²) in [4.78, 5) is 12.8. The molecular weight excluding hydrogens is 128 g/mol. The van der Waals surface area contributed by atoms with Crippen LogP contribution in [0.3, 0.4) is 0 Å². The van der Waals surface area contributed by atoms with Gasteiger partial charge in [0, 0.05) is 19.0 Å². The largest absolute Gasteiger partial charge is 0.344 e. The van der Waals surface area contributed by atoms with Crippen LogP contribution in [-0.2, 0) is 4.79 Å². The van der Waals surface area contributed by atoms with Crippen LogP contribution >= 0.6 is 0 Å². The molecule has 58 valence electrons. The van der Waals surface area contributed by atoms with Gasteiger partial charge in [0.25, 0.3) is 0 Å². The maximum absolute atomic E-state index is 11.1. The Morgan fingerprint density at radius 3 is 2.30 bits per heavy atom. The van der Waals surface area contributed by atoms with Gasteiger partial charge in [-0.2, -0.15) is 0 Å². The highest BCUT2D eigenvalue weighted by Crippen LogP contribution is 2.27. The van der Waals surface area contributed by atoms with Crippen LogP contribution in [0, 0.1) is 5.41 Å². The van der Waals surface area contributed by atoms with Crippen molar-refractivity contribution in [2.45, 2.75) is 19.9 Å². The second-order valence-electron chi connectivity index (χ2n) is 3.66. The van der Waals surface area contributed by atoms with E-state index in [-0.39, 0.29) is 17.4 Å². The topological polar surface area (TPSA) is 46.3 Å². The molecule has 1 atom stereocenters. The fourth-order valence-corrected chi connectivity index (χ4v) is 1.36. The number of rotatable bonds is 0. The summed E-state index contributed by atoms with van der Waals surface area (Å²) < 4.78 is 0. The molecule has 1 rings (SSSR count). The molecule has 3 heteroatoms. The van der Waals surface area contributed by atoms with Crippen LogP contribution in [0.25, 0.3) is 0 Å². The maximum Gasteiger partial charge on any atom is 0.239 e. The summed E-state index contributed by atoms with van der Waals surface area (Å²) in [5.74, 6) is 0.0602. The number of likely N-dealkylation sites (N-methyl/N-ethyl adjacent to an activating group) is 1. The van der Waals surface area contributed by atoms with E-state index < -0.39 is 0 Å². The molecule has 1 saturated heterocycles. The first-order valence-electron chi connectivity index (χ1n) is 3.46. The van der Waals surface area contributed by atoms with Crippen LogP contribution in [0.4, 0.5) is 0 Å². The van der Waals surface area contributed by atoms with E-state index in [1.54, 1.807) is 11.9 Å². The quantitative estimate of drug-likeness (QED) is 0.509. The summed E-state index contributed by atoms with van der Waals surface area (Å²) in [5.41, 5.74) is 5.61. The molecule has 10 heavy (non-hydrogen) atoms. The minimum Gasteiger partial charge on any atom is -0.344 e. The zero-order valence-corrected chi connectivity index (χ0v) is 6.72. The van der Waals surface area contributed by atoms with Crippen molar-refractivity contribution < 1.29 is 4.79 Å². The van der Waals surface area contributed by atoms with Gasteiger partial charge in [-0.25, -0.2) is 0 Å². The first kappa shape index (κ1) is 7.54. The van der Waals surface area contributed by atoms with Crippen LogP contribution in [0.1, 0.15) is 13.8 Å². The van der Waals surface area contributed by atoms with Crippen molar-refractivity contribution in [1.82, 2.24) is 4.90 Å². The van der Waals surface area contributed by atoms with E-state index in [0.29, 0.717) is 0 Å². The minimum atomic E-state index is -0.308. The molecule has 0 saturated carbocycles. The predicted molar refractivity (Wildman–Crippen MR) is 39.4 cm³/mol. The van der Waals surface area contributed by atoms with Gasteiger partial charge in [0.1, 0.15) is 0 Å². The summed E-state index contributed by atoms with van der Waals surface area (Å²) in [7, 11) is 1.79. The van der Waals surface area contributed by atoms with Gasteiger partial charge in [0.05, 0.1) is 6.04 Å². The van der Waals surface area contributed by atoms with Gasteiger partial charge in [-0.15, -0.1) is 0 Å². The molecule has 2 N–H and O–H groups in total. The first-order valence-corrected chi connectivity index (χ1v) is 3.46. The van der Waals surface area contributed by atoms with E-state index in [1.807, 2.05) is 13.8 Å². The average Bonchev–Trinajstić information content (AvgIpc) is 1.95. The van der Waals surface area contributed by atoms with Crippen molar-refractivity contribution in [2.24, 2.45) is 11.1 Å². The second kappa shape index (κ2) is 1.95. The number of hydrogen-bond acceptors (Lipinski definition) is 2. The summed E-state index contributed by atoms with van der Waals surface area (Å²) in [6.07, 6.45) is 0. The van der Waals surface area contributed by atoms with Crippen LogP contribution in [0.15, 0.2) is 0 Å². The Morgan fingerprint density at radius 2 is 2.20 bits per heavy atom. The van der Waals surface area contributed by atoms with Gasteiger partial charge >= 0.3 is 0 Å². The molecule has 1 amide bonds. The monoisotopic (exact) mass is 142 g/mol. The van der Waals surface area contributed by atoms with Gasteiger partial charge in [0.15, 0.2) is 0 Å². The van der Waals surface area contributed by atoms with Crippen molar-refractivity contribution in [3.8, 4) is 0 Å². The molecule has 0 aliphatic carbocycles. The fourth-order valence-electron chi connectivity index (χ4n) is 1.36. The van der Waals surface area contributed by atoms with Crippen molar-refractivity contribution in [2.75, 3.05) is 13.6 Å². The summed E-state index contributed by atoms with van der Waals surface area (Å²) >= 11 is 0. The molecule has 0 aromatic carbocycles. The lowest BCUT2D eigenvalue weighted by molar-refractivity contribution is -0.127. The number of carbonyl (C=O) groups excluding carboxylic acids is 1. The molecule has 0 aromatic heterocycles. The van der Waals surface area contributed by atoms with Gasteiger partial charge in [-0.3, -0.25) is 4.79 Å². The van der Waals surface area contributed by atoms with E-state index in [4.69, 9.17) is 5.73 Å². The lowest BCUT2D eigenvalue weighted by Gasteiger charge is -2.19. The highest BCUT2D eigenvalue weighted by Gasteiger charge is 2.41. The Hall–Kier alpha value is -0.570.